The number of nitrogens with zero attached hydrogens (tertiary/aromatic N) is 1. The van der Waals surface area contributed by atoms with E-state index in [9.17, 15) is 0 Å². The van der Waals surface area contributed by atoms with Crippen molar-refractivity contribution < 1.29 is 0 Å². The Labute approximate surface area is 132 Å². The normalized spacial score (nSPS) is 14.2. The Morgan fingerprint density at radius 2 is 1.95 bits per heavy atom. The number of benzene rings is 2. The molecule has 0 saturated carbocycles. The fourth-order valence-electron chi connectivity index (χ4n) is 2.31. The van der Waals surface area contributed by atoms with Gasteiger partial charge in [-0.25, -0.2) is 0 Å². The van der Waals surface area contributed by atoms with Gasteiger partial charge in [0.2, 0.25) is 0 Å². The topological polar surface area (TPSA) is 29.3 Å². The van der Waals surface area contributed by atoms with E-state index in [1.165, 1.54) is 10.6 Å². The lowest BCUT2D eigenvalue weighted by Gasteiger charge is -2.31. The van der Waals surface area contributed by atoms with Gasteiger partial charge < -0.3 is 10.6 Å². The van der Waals surface area contributed by atoms with E-state index in [4.69, 9.17) is 28.9 Å². The Balaban J connectivity index is 1.89. The van der Waals surface area contributed by atoms with Gasteiger partial charge in [0.05, 0.1) is 15.7 Å². The van der Waals surface area contributed by atoms with Crippen LogP contribution < -0.4 is 10.6 Å². The Hall–Kier alpha value is -1.03. The third-order valence-corrected chi connectivity index (χ3v) is 5.08. The molecule has 3 rings (SSSR count). The van der Waals surface area contributed by atoms with Gasteiger partial charge in [-0.1, -0.05) is 29.3 Å². The first-order valence-corrected chi connectivity index (χ1v) is 8.09. The maximum Gasteiger partial charge on any atom is 0.0595 e. The second-order valence-corrected chi connectivity index (χ2v) is 6.70. The van der Waals surface area contributed by atoms with Crippen molar-refractivity contribution in [3.8, 4) is 0 Å². The summed E-state index contributed by atoms with van der Waals surface area (Å²) in [7, 11) is 0. The second-order valence-electron chi connectivity index (χ2n) is 4.75. The number of hydrogen-bond donors (Lipinski definition) is 1. The van der Waals surface area contributed by atoms with E-state index in [2.05, 4.69) is 11.0 Å². The van der Waals surface area contributed by atoms with E-state index in [1.807, 2.05) is 42.1 Å². The number of halogens is 2. The minimum absolute atomic E-state index is 0.592. The number of nitrogens with two attached hydrogens (primary N) is 1. The lowest BCUT2D eigenvalue weighted by molar-refractivity contribution is 0.818. The molecule has 0 amide bonds. The molecule has 1 aliphatic heterocycles. The zero-order valence-electron chi connectivity index (χ0n) is 10.8. The predicted molar refractivity (Wildman–Crippen MR) is 89.1 cm³/mol. The van der Waals surface area contributed by atoms with Crippen LogP contribution in [0.3, 0.4) is 0 Å². The van der Waals surface area contributed by atoms with Crippen LogP contribution in [0.1, 0.15) is 5.56 Å². The highest BCUT2D eigenvalue weighted by atomic mass is 35.5. The molecule has 2 N–H and O–H groups in total. The van der Waals surface area contributed by atoms with Crippen LogP contribution in [0.15, 0.2) is 41.3 Å². The quantitative estimate of drug-likeness (QED) is 0.813. The maximum absolute atomic E-state index is 6.08. The summed E-state index contributed by atoms with van der Waals surface area (Å²) in [6, 6.07) is 11.9. The molecule has 0 radical (unpaired) electrons. The Morgan fingerprint density at radius 3 is 2.75 bits per heavy atom. The van der Waals surface area contributed by atoms with Crippen LogP contribution >= 0.6 is 35.0 Å². The molecule has 0 bridgehead atoms. The van der Waals surface area contributed by atoms with Crippen LogP contribution in [-0.4, -0.2) is 12.3 Å². The molecule has 2 aromatic rings. The monoisotopic (exact) mass is 324 g/mol. The molecule has 0 fully saturated rings. The number of thioether (sulfide) groups is 1. The molecule has 20 heavy (non-hydrogen) atoms. The first-order chi connectivity index (χ1) is 9.63. The van der Waals surface area contributed by atoms with Gasteiger partial charge in [0, 0.05) is 29.4 Å². The predicted octanol–water partition coefficient (Wildman–Crippen LogP) is 4.69. The van der Waals surface area contributed by atoms with Gasteiger partial charge in [-0.05, 0) is 35.9 Å². The van der Waals surface area contributed by atoms with Crippen LogP contribution in [-0.2, 0) is 6.54 Å². The third-order valence-electron chi connectivity index (χ3n) is 3.30. The Bertz CT molecular complexity index is 646. The van der Waals surface area contributed by atoms with E-state index < -0.39 is 0 Å². The molecule has 0 aromatic heterocycles. The lowest BCUT2D eigenvalue weighted by atomic mass is 10.2. The standard InChI is InChI=1S/C15H14Cl2N2S/c16-12-3-1-10(7-13(12)17)9-19-5-6-20-15-4-2-11(18)8-14(15)19/h1-4,7-8H,5-6,9,18H2. The average Bonchev–Trinajstić information content (AvgIpc) is 2.44. The molecule has 0 unspecified atom stereocenters. The minimum atomic E-state index is 0.592. The van der Waals surface area contributed by atoms with E-state index in [0.29, 0.717) is 10.0 Å². The molecule has 2 nitrogen and oxygen atoms in total. The Kier molecular flexibility index (Phi) is 4.01. The summed E-state index contributed by atoms with van der Waals surface area (Å²) in [6.07, 6.45) is 0. The van der Waals surface area contributed by atoms with E-state index >= 15 is 0 Å². The third kappa shape index (κ3) is 2.85. The van der Waals surface area contributed by atoms with E-state index in [0.717, 1.165) is 30.1 Å². The van der Waals surface area contributed by atoms with Crippen LogP contribution in [0.5, 0.6) is 0 Å². The van der Waals surface area contributed by atoms with Gasteiger partial charge >= 0.3 is 0 Å². The first kappa shape index (κ1) is 13.9. The molecule has 0 spiro atoms. The molecule has 104 valence electrons. The number of hydrogen-bond acceptors (Lipinski definition) is 3. The van der Waals surface area contributed by atoms with Crippen molar-refractivity contribution in [3.05, 3.63) is 52.0 Å². The van der Waals surface area contributed by atoms with Crippen LogP contribution in [0.2, 0.25) is 10.0 Å². The van der Waals surface area contributed by atoms with Crippen LogP contribution in [0.25, 0.3) is 0 Å². The molecule has 0 atom stereocenters. The molecule has 5 heteroatoms. The first-order valence-electron chi connectivity index (χ1n) is 6.35. The van der Waals surface area contributed by atoms with Crippen LogP contribution in [0.4, 0.5) is 11.4 Å². The van der Waals surface area contributed by atoms with Gasteiger partial charge in [0.25, 0.3) is 0 Å². The molecular formula is C15H14Cl2N2S. The van der Waals surface area contributed by atoms with Crippen molar-refractivity contribution in [2.75, 3.05) is 22.9 Å². The zero-order chi connectivity index (χ0) is 14.1. The van der Waals surface area contributed by atoms with Gasteiger partial charge in [-0.15, -0.1) is 11.8 Å². The number of anilines is 2. The summed E-state index contributed by atoms with van der Waals surface area (Å²) < 4.78 is 0. The summed E-state index contributed by atoms with van der Waals surface area (Å²) in [4.78, 5) is 3.62. The van der Waals surface area contributed by atoms with Crippen molar-refractivity contribution >= 4 is 46.3 Å². The molecule has 2 aromatic carbocycles. The van der Waals surface area contributed by atoms with Gasteiger partial charge in [0.1, 0.15) is 0 Å². The van der Waals surface area contributed by atoms with Crippen molar-refractivity contribution in [3.63, 3.8) is 0 Å². The SMILES string of the molecule is Nc1ccc2c(c1)N(Cc1ccc(Cl)c(Cl)c1)CCS2. The second kappa shape index (κ2) is 5.76. The van der Waals surface area contributed by atoms with Crippen molar-refractivity contribution in [1.29, 1.82) is 0 Å². The maximum atomic E-state index is 6.08. The highest BCUT2D eigenvalue weighted by Gasteiger charge is 2.18. The number of rotatable bonds is 2. The Morgan fingerprint density at radius 1 is 1.10 bits per heavy atom. The minimum Gasteiger partial charge on any atom is -0.399 e. The summed E-state index contributed by atoms with van der Waals surface area (Å²) in [6.45, 7) is 1.81. The molecular weight excluding hydrogens is 311 g/mol. The largest absolute Gasteiger partial charge is 0.399 e. The lowest BCUT2D eigenvalue weighted by Crippen LogP contribution is -2.28. The molecule has 0 aliphatic carbocycles. The molecule has 1 aliphatic rings. The van der Waals surface area contributed by atoms with Gasteiger partial charge in [-0.2, -0.15) is 0 Å². The summed E-state index contributed by atoms with van der Waals surface area (Å²) in [5, 5.41) is 1.19. The smallest absolute Gasteiger partial charge is 0.0595 e. The fourth-order valence-corrected chi connectivity index (χ4v) is 3.66. The summed E-state index contributed by atoms with van der Waals surface area (Å²) in [5.41, 5.74) is 9.06. The van der Waals surface area contributed by atoms with E-state index in [-0.39, 0.29) is 0 Å². The highest BCUT2D eigenvalue weighted by Crippen LogP contribution is 2.37. The summed E-state index contributed by atoms with van der Waals surface area (Å²) >= 11 is 13.9. The van der Waals surface area contributed by atoms with Gasteiger partial charge in [-0.3, -0.25) is 0 Å². The van der Waals surface area contributed by atoms with Crippen molar-refractivity contribution in [2.45, 2.75) is 11.4 Å². The highest BCUT2D eigenvalue weighted by molar-refractivity contribution is 7.99. The van der Waals surface area contributed by atoms with Gasteiger partial charge in [0.15, 0.2) is 0 Å². The van der Waals surface area contributed by atoms with Crippen molar-refractivity contribution in [2.24, 2.45) is 0 Å². The number of fused-ring (bicyclic) bond motifs is 1. The molecule has 1 heterocycles. The fraction of sp³-hybridized carbons (Fsp3) is 0.200. The van der Waals surface area contributed by atoms with Crippen LogP contribution in [0, 0.1) is 0 Å². The molecule has 0 saturated heterocycles. The average molecular weight is 325 g/mol. The van der Waals surface area contributed by atoms with Crippen molar-refractivity contribution in [1.82, 2.24) is 0 Å². The zero-order valence-corrected chi connectivity index (χ0v) is 13.1. The summed E-state index contributed by atoms with van der Waals surface area (Å²) in [5.74, 6) is 1.08. The number of nitrogen functional groups attached to an aromatic ring is 1. The van der Waals surface area contributed by atoms with E-state index in [1.54, 1.807) is 0 Å².